The van der Waals surface area contributed by atoms with Crippen LogP contribution in [0.15, 0.2) is 22.7 Å². The number of halogens is 4. The Morgan fingerprint density at radius 3 is 2.10 bits per heavy atom. The van der Waals surface area contributed by atoms with Crippen LogP contribution in [0.4, 0.5) is 13.2 Å². The summed E-state index contributed by atoms with van der Waals surface area (Å²) in [5.41, 5.74) is -3.06. The van der Waals surface area contributed by atoms with Gasteiger partial charge in [0.15, 0.2) is 0 Å². The summed E-state index contributed by atoms with van der Waals surface area (Å²) < 4.78 is 38.0. The SMILES string of the molecule is O=C(NC(CO)(CO)CO)c1cc(C(F)(F)F)ccc1Br. The normalized spacial score (nSPS) is 12.3. The van der Waals surface area contributed by atoms with Gasteiger partial charge >= 0.3 is 6.18 Å². The number of hydrogen-bond acceptors (Lipinski definition) is 4. The molecule has 0 spiro atoms. The predicted molar refractivity (Wildman–Crippen MR) is 70.6 cm³/mol. The Balaban J connectivity index is 3.13. The van der Waals surface area contributed by atoms with Crippen LogP contribution in [-0.4, -0.2) is 46.6 Å². The van der Waals surface area contributed by atoms with E-state index in [-0.39, 0.29) is 10.0 Å². The Labute approximate surface area is 126 Å². The zero-order chi connectivity index (χ0) is 16.3. The second-order valence-corrected chi connectivity index (χ2v) is 5.26. The minimum absolute atomic E-state index is 0.107. The molecule has 0 atom stereocenters. The summed E-state index contributed by atoms with van der Waals surface area (Å²) in [5.74, 6) is -0.967. The van der Waals surface area contributed by atoms with Gasteiger partial charge in [0.2, 0.25) is 0 Å². The number of hydrogen-bond donors (Lipinski definition) is 4. The number of benzene rings is 1. The fourth-order valence-electron chi connectivity index (χ4n) is 1.45. The van der Waals surface area contributed by atoms with Crippen LogP contribution in [-0.2, 0) is 6.18 Å². The summed E-state index contributed by atoms with van der Waals surface area (Å²) in [6.45, 7) is -2.33. The minimum atomic E-state index is -4.61. The molecule has 1 aromatic rings. The standard InChI is InChI=1S/C12H13BrF3NO4/c13-9-2-1-7(12(14,15)16)3-8(9)10(21)17-11(4-18,5-19)6-20/h1-3,18-20H,4-6H2,(H,17,21). The molecule has 0 aliphatic carbocycles. The van der Waals surface area contributed by atoms with Gasteiger partial charge in [-0.3, -0.25) is 4.79 Å². The maximum absolute atomic E-state index is 12.6. The highest BCUT2D eigenvalue weighted by molar-refractivity contribution is 9.10. The summed E-state index contributed by atoms with van der Waals surface area (Å²) in [6, 6.07) is 2.50. The molecule has 21 heavy (non-hydrogen) atoms. The van der Waals surface area contributed by atoms with E-state index >= 15 is 0 Å². The first kappa shape index (κ1) is 17.9. The molecule has 0 aromatic heterocycles. The van der Waals surface area contributed by atoms with Crippen molar-refractivity contribution in [2.24, 2.45) is 0 Å². The number of alkyl halides is 3. The second-order valence-electron chi connectivity index (χ2n) is 4.40. The van der Waals surface area contributed by atoms with Crippen LogP contribution in [0.2, 0.25) is 0 Å². The van der Waals surface area contributed by atoms with Gasteiger partial charge in [0.25, 0.3) is 5.91 Å². The first-order chi connectivity index (χ1) is 9.69. The van der Waals surface area contributed by atoms with Gasteiger partial charge in [0, 0.05) is 4.47 Å². The molecular formula is C12H13BrF3NO4. The van der Waals surface area contributed by atoms with Gasteiger partial charge in [-0.2, -0.15) is 13.2 Å². The van der Waals surface area contributed by atoms with E-state index in [1.54, 1.807) is 0 Å². The van der Waals surface area contributed by atoms with E-state index in [9.17, 15) is 18.0 Å². The van der Waals surface area contributed by atoms with E-state index in [2.05, 4.69) is 21.2 Å². The van der Waals surface area contributed by atoms with Crippen molar-refractivity contribution >= 4 is 21.8 Å². The third-order valence-corrected chi connectivity index (χ3v) is 3.52. The fraction of sp³-hybridized carbons (Fsp3) is 0.417. The summed E-state index contributed by atoms with van der Waals surface area (Å²) in [7, 11) is 0. The Morgan fingerprint density at radius 1 is 1.14 bits per heavy atom. The average molecular weight is 372 g/mol. The number of carbonyl (C=O) groups excluding carboxylic acids is 1. The lowest BCUT2D eigenvalue weighted by Gasteiger charge is -2.28. The van der Waals surface area contributed by atoms with Gasteiger partial charge in [-0.25, -0.2) is 0 Å². The van der Waals surface area contributed by atoms with Crippen molar-refractivity contribution in [2.45, 2.75) is 11.7 Å². The smallest absolute Gasteiger partial charge is 0.394 e. The molecule has 5 nitrogen and oxygen atoms in total. The summed E-state index contributed by atoms with van der Waals surface area (Å²) >= 11 is 2.96. The van der Waals surface area contributed by atoms with E-state index in [1.807, 2.05) is 0 Å². The van der Waals surface area contributed by atoms with Gasteiger partial charge in [-0.1, -0.05) is 0 Å². The maximum Gasteiger partial charge on any atom is 0.416 e. The molecule has 0 fully saturated rings. The van der Waals surface area contributed by atoms with Crippen LogP contribution in [0.1, 0.15) is 15.9 Å². The lowest BCUT2D eigenvalue weighted by atomic mass is 10.0. The van der Waals surface area contributed by atoms with Crippen LogP contribution in [0.5, 0.6) is 0 Å². The monoisotopic (exact) mass is 371 g/mol. The number of amides is 1. The Bertz CT molecular complexity index is 509. The van der Waals surface area contributed by atoms with Gasteiger partial charge in [-0.05, 0) is 34.1 Å². The average Bonchev–Trinajstić information content (AvgIpc) is 2.44. The zero-order valence-corrected chi connectivity index (χ0v) is 12.2. The molecule has 0 saturated carbocycles. The molecule has 9 heteroatoms. The third kappa shape index (κ3) is 4.16. The molecular weight excluding hydrogens is 359 g/mol. The minimum Gasteiger partial charge on any atom is -0.394 e. The van der Waals surface area contributed by atoms with Gasteiger partial charge in [0.1, 0.15) is 5.54 Å². The lowest BCUT2D eigenvalue weighted by Crippen LogP contribution is -2.57. The van der Waals surface area contributed by atoms with Crippen molar-refractivity contribution in [3.63, 3.8) is 0 Å². The highest BCUT2D eigenvalue weighted by Crippen LogP contribution is 2.32. The van der Waals surface area contributed by atoms with Crippen molar-refractivity contribution in [2.75, 3.05) is 19.8 Å². The summed E-state index contributed by atoms with van der Waals surface area (Å²) in [5, 5.41) is 29.4. The van der Waals surface area contributed by atoms with E-state index in [1.165, 1.54) is 0 Å². The van der Waals surface area contributed by atoms with Crippen LogP contribution in [0.3, 0.4) is 0 Å². The predicted octanol–water partition coefficient (Wildman–Crippen LogP) is 0.913. The highest BCUT2D eigenvalue weighted by Gasteiger charge is 2.34. The molecule has 0 unspecified atom stereocenters. The molecule has 1 aromatic carbocycles. The fourth-order valence-corrected chi connectivity index (χ4v) is 1.88. The van der Waals surface area contributed by atoms with Crippen LogP contribution in [0, 0.1) is 0 Å². The van der Waals surface area contributed by atoms with Crippen molar-refractivity contribution in [3.8, 4) is 0 Å². The molecule has 0 heterocycles. The third-order valence-electron chi connectivity index (χ3n) is 2.83. The molecule has 0 aliphatic rings. The number of rotatable bonds is 5. The molecule has 0 bridgehead atoms. The maximum atomic E-state index is 12.6. The first-order valence-corrected chi connectivity index (χ1v) is 6.50. The van der Waals surface area contributed by atoms with Crippen molar-refractivity contribution in [1.29, 1.82) is 0 Å². The lowest BCUT2D eigenvalue weighted by molar-refractivity contribution is -0.137. The largest absolute Gasteiger partial charge is 0.416 e. The van der Waals surface area contributed by atoms with Crippen LogP contribution in [0.25, 0.3) is 0 Å². The first-order valence-electron chi connectivity index (χ1n) is 5.71. The quantitative estimate of drug-likeness (QED) is 0.619. The molecule has 0 aliphatic heterocycles. The van der Waals surface area contributed by atoms with Crippen molar-refractivity contribution in [1.82, 2.24) is 5.32 Å². The Kier molecular flexibility index (Phi) is 5.74. The number of aliphatic hydroxyl groups is 3. The summed E-state index contributed by atoms with van der Waals surface area (Å²) in [6.07, 6.45) is -4.61. The van der Waals surface area contributed by atoms with E-state index in [0.29, 0.717) is 6.07 Å². The number of carbonyl (C=O) groups is 1. The van der Waals surface area contributed by atoms with E-state index < -0.39 is 43.0 Å². The number of nitrogens with one attached hydrogen (secondary N) is 1. The molecule has 1 amide bonds. The Hall–Kier alpha value is -1.16. The van der Waals surface area contributed by atoms with Gasteiger partial charge < -0.3 is 20.6 Å². The molecule has 0 radical (unpaired) electrons. The molecule has 0 saturated heterocycles. The highest BCUT2D eigenvalue weighted by atomic mass is 79.9. The van der Waals surface area contributed by atoms with Crippen molar-refractivity contribution < 1.29 is 33.3 Å². The van der Waals surface area contributed by atoms with Gasteiger partial charge in [0.05, 0.1) is 30.9 Å². The molecule has 1 rings (SSSR count). The Morgan fingerprint density at radius 2 is 1.67 bits per heavy atom. The topological polar surface area (TPSA) is 89.8 Å². The van der Waals surface area contributed by atoms with Gasteiger partial charge in [-0.15, -0.1) is 0 Å². The zero-order valence-electron chi connectivity index (χ0n) is 10.6. The van der Waals surface area contributed by atoms with E-state index in [4.69, 9.17) is 15.3 Å². The number of aliphatic hydroxyl groups excluding tert-OH is 3. The van der Waals surface area contributed by atoms with E-state index in [0.717, 1.165) is 12.1 Å². The summed E-state index contributed by atoms with van der Waals surface area (Å²) in [4.78, 5) is 12.0. The van der Waals surface area contributed by atoms with Crippen LogP contribution < -0.4 is 5.32 Å². The second kappa shape index (κ2) is 6.73. The van der Waals surface area contributed by atoms with Crippen LogP contribution >= 0.6 is 15.9 Å². The molecule has 4 N–H and O–H groups in total. The van der Waals surface area contributed by atoms with Crippen molar-refractivity contribution in [3.05, 3.63) is 33.8 Å². The molecule has 118 valence electrons.